The Morgan fingerprint density at radius 3 is 2.80 bits per heavy atom. The Balaban J connectivity index is 2.05. The van der Waals surface area contributed by atoms with Crippen LogP contribution < -0.4 is 5.32 Å². The maximum atomic E-state index is 11.3. The first kappa shape index (κ1) is 14.7. The Labute approximate surface area is 120 Å². The summed E-state index contributed by atoms with van der Waals surface area (Å²) in [7, 11) is 0. The third-order valence-corrected chi connectivity index (χ3v) is 3.78. The molecule has 0 radical (unpaired) electrons. The van der Waals surface area contributed by atoms with E-state index in [1.54, 1.807) is 0 Å². The van der Waals surface area contributed by atoms with Crippen LogP contribution in [0.1, 0.15) is 38.3 Å². The number of aryl methyl sites for hydroxylation is 1. The Morgan fingerprint density at radius 2 is 2.15 bits per heavy atom. The summed E-state index contributed by atoms with van der Waals surface area (Å²) in [6, 6.07) is 6.45. The van der Waals surface area contributed by atoms with Crippen molar-refractivity contribution in [1.29, 1.82) is 0 Å². The molecule has 0 unspecified atom stereocenters. The second kappa shape index (κ2) is 5.73. The summed E-state index contributed by atoms with van der Waals surface area (Å²) in [6.07, 6.45) is 2.21. The van der Waals surface area contributed by atoms with Gasteiger partial charge in [0.1, 0.15) is 0 Å². The summed E-state index contributed by atoms with van der Waals surface area (Å²) < 4.78 is 0. The normalized spacial score (nSPS) is 14.3. The van der Waals surface area contributed by atoms with Crippen LogP contribution in [0.4, 0.5) is 10.5 Å². The van der Waals surface area contributed by atoms with Gasteiger partial charge in [0.2, 0.25) is 0 Å². The average Bonchev–Trinajstić information content (AvgIpc) is 2.36. The molecule has 0 bridgehead atoms. The van der Waals surface area contributed by atoms with Gasteiger partial charge < -0.3 is 15.3 Å². The lowest BCUT2D eigenvalue weighted by atomic mass is 9.99. The highest BCUT2D eigenvalue weighted by molar-refractivity contribution is 5.66. The SMILES string of the molecule is CC(C)(C)N(CCc1ccc2c(c1)NCCC2)C(=O)O. The van der Waals surface area contributed by atoms with E-state index < -0.39 is 6.09 Å². The first-order chi connectivity index (χ1) is 9.38. The molecule has 4 heteroatoms. The van der Waals surface area contributed by atoms with Crippen LogP contribution >= 0.6 is 0 Å². The van der Waals surface area contributed by atoms with Crippen molar-refractivity contribution in [2.24, 2.45) is 0 Å². The Morgan fingerprint density at radius 1 is 1.40 bits per heavy atom. The lowest BCUT2D eigenvalue weighted by Crippen LogP contribution is -2.45. The van der Waals surface area contributed by atoms with Crippen LogP contribution in [0, 0.1) is 0 Å². The first-order valence-corrected chi connectivity index (χ1v) is 7.24. The number of benzene rings is 1. The molecule has 1 aliphatic heterocycles. The van der Waals surface area contributed by atoms with Crippen LogP contribution in [0.2, 0.25) is 0 Å². The zero-order chi connectivity index (χ0) is 14.8. The van der Waals surface area contributed by atoms with Gasteiger partial charge in [-0.1, -0.05) is 12.1 Å². The number of carboxylic acid groups (broad SMARTS) is 1. The molecule has 0 saturated heterocycles. The molecule has 1 aliphatic rings. The molecule has 4 nitrogen and oxygen atoms in total. The van der Waals surface area contributed by atoms with Gasteiger partial charge in [-0.15, -0.1) is 0 Å². The minimum absolute atomic E-state index is 0.363. The second-order valence-electron chi connectivity index (χ2n) is 6.38. The zero-order valence-corrected chi connectivity index (χ0v) is 12.6. The monoisotopic (exact) mass is 276 g/mol. The molecule has 0 spiro atoms. The number of hydrogen-bond donors (Lipinski definition) is 2. The predicted molar refractivity (Wildman–Crippen MR) is 81.4 cm³/mol. The second-order valence-corrected chi connectivity index (χ2v) is 6.38. The van der Waals surface area contributed by atoms with Gasteiger partial charge in [-0.3, -0.25) is 0 Å². The van der Waals surface area contributed by atoms with Crippen molar-refractivity contribution in [2.45, 2.75) is 45.6 Å². The van der Waals surface area contributed by atoms with Crippen molar-refractivity contribution >= 4 is 11.8 Å². The van der Waals surface area contributed by atoms with Gasteiger partial charge in [0.15, 0.2) is 0 Å². The zero-order valence-electron chi connectivity index (χ0n) is 12.6. The summed E-state index contributed by atoms with van der Waals surface area (Å²) in [5.74, 6) is 0. The van der Waals surface area contributed by atoms with Gasteiger partial charge >= 0.3 is 6.09 Å². The van der Waals surface area contributed by atoms with Crippen LogP contribution in [0.15, 0.2) is 18.2 Å². The van der Waals surface area contributed by atoms with Crippen molar-refractivity contribution in [1.82, 2.24) is 4.90 Å². The van der Waals surface area contributed by atoms with E-state index in [1.165, 1.54) is 28.1 Å². The van der Waals surface area contributed by atoms with E-state index in [1.807, 2.05) is 20.8 Å². The highest BCUT2D eigenvalue weighted by Crippen LogP contribution is 2.24. The molecule has 0 fully saturated rings. The van der Waals surface area contributed by atoms with Crippen molar-refractivity contribution in [2.75, 3.05) is 18.4 Å². The quantitative estimate of drug-likeness (QED) is 0.890. The smallest absolute Gasteiger partial charge is 0.407 e. The van der Waals surface area contributed by atoms with Gasteiger partial charge in [0.25, 0.3) is 0 Å². The summed E-state index contributed by atoms with van der Waals surface area (Å²) in [5.41, 5.74) is 3.41. The number of nitrogens with zero attached hydrogens (tertiary/aromatic N) is 1. The third kappa shape index (κ3) is 3.44. The first-order valence-electron chi connectivity index (χ1n) is 7.24. The molecular weight excluding hydrogens is 252 g/mol. The fourth-order valence-corrected chi connectivity index (χ4v) is 2.62. The van der Waals surface area contributed by atoms with Gasteiger partial charge in [0.05, 0.1) is 0 Å². The number of carbonyl (C=O) groups is 1. The maximum absolute atomic E-state index is 11.3. The highest BCUT2D eigenvalue weighted by atomic mass is 16.4. The van der Waals surface area contributed by atoms with E-state index in [0.29, 0.717) is 6.54 Å². The van der Waals surface area contributed by atoms with E-state index in [-0.39, 0.29) is 5.54 Å². The standard InChI is InChI=1S/C16H24N2O2/c1-16(2,3)18(15(19)20)10-8-12-6-7-13-5-4-9-17-14(13)11-12/h6-7,11,17H,4-5,8-10H2,1-3H3,(H,19,20). The molecule has 2 rings (SSSR count). The Hall–Kier alpha value is -1.71. The molecule has 0 aliphatic carbocycles. The summed E-state index contributed by atoms with van der Waals surface area (Å²) in [4.78, 5) is 12.8. The molecule has 2 N–H and O–H groups in total. The minimum Gasteiger partial charge on any atom is -0.465 e. The molecular formula is C16H24N2O2. The molecule has 20 heavy (non-hydrogen) atoms. The number of amides is 1. The fourth-order valence-electron chi connectivity index (χ4n) is 2.62. The van der Waals surface area contributed by atoms with Crippen molar-refractivity contribution in [3.8, 4) is 0 Å². The number of hydrogen-bond acceptors (Lipinski definition) is 2. The van der Waals surface area contributed by atoms with Crippen molar-refractivity contribution < 1.29 is 9.90 Å². The third-order valence-electron chi connectivity index (χ3n) is 3.78. The Bertz CT molecular complexity index is 492. The largest absolute Gasteiger partial charge is 0.465 e. The summed E-state index contributed by atoms with van der Waals surface area (Å²) >= 11 is 0. The fraction of sp³-hybridized carbons (Fsp3) is 0.562. The molecule has 0 atom stereocenters. The molecule has 1 aromatic carbocycles. The van der Waals surface area contributed by atoms with Crippen LogP contribution in [0.5, 0.6) is 0 Å². The van der Waals surface area contributed by atoms with Gasteiger partial charge in [-0.25, -0.2) is 4.79 Å². The molecule has 1 amide bonds. The predicted octanol–water partition coefficient (Wildman–Crippen LogP) is 3.37. The van der Waals surface area contributed by atoms with Crippen LogP contribution in [0.25, 0.3) is 0 Å². The van der Waals surface area contributed by atoms with Crippen molar-refractivity contribution in [3.05, 3.63) is 29.3 Å². The number of fused-ring (bicyclic) bond motifs is 1. The van der Waals surface area contributed by atoms with E-state index in [0.717, 1.165) is 19.4 Å². The topological polar surface area (TPSA) is 52.6 Å². The van der Waals surface area contributed by atoms with Crippen LogP contribution in [0.3, 0.4) is 0 Å². The van der Waals surface area contributed by atoms with E-state index >= 15 is 0 Å². The van der Waals surface area contributed by atoms with E-state index in [2.05, 4.69) is 23.5 Å². The Kier molecular flexibility index (Phi) is 4.21. The molecule has 1 heterocycles. The minimum atomic E-state index is -0.853. The van der Waals surface area contributed by atoms with Gasteiger partial charge in [0, 0.05) is 24.3 Å². The highest BCUT2D eigenvalue weighted by Gasteiger charge is 2.25. The van der Waals surface area contributed by atoms with Crippen LogP contribution in [-0.4, -0.2) is 34.7 Å². The molecule has 0 aromatic heterocycles. The van der Waals surface area contributed by atoms with E-state index in [4.69, 9.17) is 0 Å². The van der Waals surface area contributed by atoms with Gasteiger partial charge in [-0.2, -0.15) is 0 Å². The lowest BCUT2D eigenvalue weighted by molar-refractivity contribution is 0.101. The number of nitrogens with one attached hydrogen (secondary N) is 1. The summed E-state index contributed by atoms with van der Waals surface area (Å²) in [6.45, 7) is 7.33. The molecule has 110 valence electrons. The number of anilines is 1. The lowest BCUT2D eigenvalue weighted by Gasteiger charge is -2.33. The maximum Gasteiger partial charge on any atom is 0.407 e. The van der Waals surface area contributed by atoms with E-state index in [9.17, 15) is 9.90 Å². The molecule has 0 saturated carbocycles. The average molecular weight is 276 g/mol. The van der Waals surface area contributed by atoms with Gasteiger partial charge in [-0.05, 0) is 57.2 Å². The van der Waals surface area contributed by atoms with Crippen LogP contribution in [-0.2, 0) is 12.8 Å². The summed E-state index contributed by atoms with van der Waals surface area (Å²) in [5, 5.41) is 12.7. The number of rotatable bonds is 3. The molecule has 1 aromatic rings. The van der Waals surface area contributed by atoms with Crippen molar-refractivity contribution in [3.63, 3.8) is 0 Å².